The first-order valence-electron chi connectivity index (χ1n) is 15.8. The molecule has 45 heavy (non-hydrogen) atoms. The number of ether oxygens (including phenoxy) is 2. The fourth-order valence-electron chi connectivity index (χ4n) is 5.58. The molecule has 2 aromatic rings. The van der Waals surface area contributed by atoms with Crippen LogP contribution in [0.25, 0.3) is 0 Å². The van der Waals surface area contributed by atoms with Crippen LogP contribution in [0.3, 0.4) is 0 Å². The van der Waals surface area contributed by atoms with Crippen molar-refractivity contribution >= 4 is 23.9 Å². The number of nitrogens with zero attached hydrogens (tertiary/aromatic N) is 1. The molecule has 0 aliphatic carbocycles. The molecule has 11 nitrogen and oxygen atoms in total. The number of carbonyl (C=O) groups is 4. The van der Waals surface area contributed by atoms with Crippen LogP contribution in [0, 0.1) is 11.8 Å². The average molecular weight is 626 g/mol. The van der Waals surface area contributed by atoms with Gasteiger partial charge in [0.05, 0.1) is 26.2 Å². The molecule has 1 aliphatic rings. The summed E-state index contributed by atoms with van der Waals surface area (Å²) < 4.78 is 10.2. The van der Waals surface area contributed by atoms with Crippen molar-refractivity contribution in [1.29, 1.82) is 0 Å². The molecule has 246 valence electrons. The van der Waals surface area contributed by atoms with Gasteiger partial charge in [0.25, 0.3) is 0 Å². The van der Waals surface area contributed by atoms with E-state index >= 15 is 0 Å². The number of esters is 1. The van der Waals surface area contributed by atoms with Crippen LogP contribution in [-0.4, -0.2) is 67.3 Å². The molecule has 1 aliphatic heterocycles. The maximum absolute atomic E-state index is 14.8. The standard InChI is InChI=1S/C34H48N4O7/c1-5-6-9-18-28(21-30(39)37-45-24-27-16-12-8-13-17-27)32(40)38(34(42)44-23-26-14-10-7-11-15-26)20-19-35-22-29(38)36-31(25(2)3)33(41)43-4/h7-8,10-17,25,28-29,31,35-36H,5-6,9,18-24H2,1-4H3/p+1/t28-,29+,31+,38?/m1/s1. The highest BCUT2D eigenvalue weighted by atomic mass is 16.6. The minimum atomic E-state index is -0.841. The van der Waals surface area contributed by atoms with E-state index in [0.717, 1.165) is 24.0 Å². The molecular formula is C34H49N4O7+. The number of quaternary nitrogens is 1. The highest BCUT2D eigenvalue weighted by molar-refractivity contribution is 5.87. The van der Waals surface area contributed by atoms with Crippen LogP contribution in [0.15, 0.2) is 60.7 Å². The van der Waals surface area contributed by atoms with E-state index in [1.807, 2.05) is 74.5 Å². The molecular weight excluding hydrogens is 576 g/mol. The lowest BCUT2D eigenvalue weighted by Gasteiger charge is -2.44. The number of unbranched alkanes of at least 4 members (excludes halogenated alkanes) is 2. The van der Waals surface area contributed by atoms with Crippen LogP contribution in [0.5, 0.6) is 0 Å². The number of hydrogen-bond acceptors (Lipinski definition) is 9. The minimum Gasteiger partial charge on any atom is -0.468 e. The van der Waals surface area contributed by atoms with E-state index in [2.05, 4.69) is 23.0 Å². The maximum atomic E-state index is 14.8. The van der Waals surface area contributed by atoms with Gasteiger partial charge in [-0.25, -0.2) is 10.3 Å². The van der Waals surface area contributed by atoms with Gasteiger partial charge in [-0.3, -0.25) is 19.7 Å². The number of rotatable bonds is 16. The largest absolute Gasteiger partial charge is 0.525 e. The average Bonchev–Trinajstić information content (AvgIpc) is 3.06. The van der Waals surface area contributed by atoms with Crippen molar-refractivity contribution < 1.29 is 38.0 Å². The Labute approximate surface area is 266 Å². The summed E-state index contributed by atoms with van der Waals surface area (Å²) in [4.78, 5) is 60.3. The second-order valence-electron chi connectivity index (χ2n) is 11.8. The lowest BCUT2D eigenvalue weighted by Crippen LogP contribution is -2.76. The Kier molecular flexibility index (Phi) is 14.6. The van der Waals surface area contributed by atoms with Crippen LogP contribution < -0.4 is 16.1 Å². The first-order chi connectivity index (χ1) is 21.7. The summed E-state index contributed by atoms with van der Waals surface area (Å²) in [6, 6.07) is 17.9. The fraction of sp³-hybridized carbons (Fsp3) is 0.529. The SMILES string of the molecule is CCCCC[C@H](CC(=O)NOCc1ccccc1)C(=O)[N+]1(C(=O)OCc2ccccc2)CCNC[C@H]1N[C@H](C(=O)OC)C(C)C. The topological polar surface area (TPSA) is 132 Å². The molecule has 3 rings (SSSR count). The Morgan fingerprint density at radius 3 is 2.20 bits per heavy atom. The second kappa shape index (κ2) is 18.4. The first kappa shape index (κ1) is 35.8. The number of piperazine rings is 1. The van der Waals surface area contributed by atoms with Crippen LogP contribution in [0.1, 0.15) is 64.0 Å². The van der Waals surface area contributed by atoms with Gasteiger partial charge in [0.15, 0.2) is 6.17 Å². The van der Waals surface area contributed by atoms with E-state index in [0.29, 0.717) is 19.4 Å². The first-order valence-corrected chi connectivity index (χ1v) is 15.8. The Bertz CT molecular complexity index is 1230. The Morgan fingerprint density at radius 1 is 0.956 bits per heavy atom. The highest BCUT2D eigenvalue weighted by Gasteiger charge is 2.57. The van der Waals surface area contributed by atoms with Crippen LogP contribution in [-0.2, 0) is 41.9 Å². The summed E-state index contributed by atoms with van der Waals surface area (Å²) in [5.41, 5.74) is 4.14. The maximum Gasteiger partial charge on any atom is 0.525 e. The predicted octanol–water partition coefficient (Wildman–Crippen LogP) is 4.22. The third kappa shape index (κ3) is 10.2. The summed E-state index contributed by atoms with van der Waals surface area (Å²) in [6.45, 7) is 6.62. The minimum absolute atomic E-state index is 0.0218. The third-order valence-corrected chi connectivity index (χ3v) is 8.13. The number of benzene rings is 2. The summed E-state index contributed by atoms with van der Waals surface area (Å²) in [5, 5.41) is 6.53. The fourth-order valence-corrected chi connectivity index (χ4v) is 5.58. The van der Waals surface area contributed by atoms with E-state index in [1.165, 1.54) is 7.11 Å². The Balaban J connectivity index is 1.91. The van der Waals surface area contributed by atoms with Gasteiger partial charge in [-0.2, -0.15) is 4.79 Å². The van der Waals surface area contributed by atoms with Crippen LogP contribution in [0.2, 0.25) is 0 Å². The van der Waals surface area contributed by atoms with Crippen molar-refractivity contribution in [3.8, 4) is 0 Å². The van der Waals surface area contributed by atoms with E-state index in [9.17, 15) is 19.2 Å². The number of amides is 3. The zero-order chi connectivity index (χ0) is 32.7. The number of hydrogen-bond donors (Lipinski definition) is 3. The lowest BCUT2D eigenvalue weighted by atomic mass is 9.93. The molecule has 1 fully saturated rings. The number of hydroxylamine groups is 1. The molecule has 1 unspecified atom stereocenters. The van der Waals surface area contributed by atoms with Gasteiger partial charge < -0.3 is 14.8 Å². The Morgan fingerprint density at radius 2 is 1.60 bits per heavy atom. The summed E-state index contributed by atoms with van der Waals surface area (Å²) in [7, 11) is 1.31. The smallest absolute Gasteiger partial charge is 0.468 e. The lowest BCUT2D eigenvalue weighted by molar-refractivity contribution is -0.818. The van der Waals surface area contributed by atoms with Gasteiger partial charge in [-0.05, 0) is 23.5 Å². The molecule has 0 spiro atoms. The molecule has 0 radical (unpaired) electrons. The van der Waals surface area contributed by atoms with Crippen molar-refractivity contribution in [2.75, 3.05) is 26.7 Å². The van der Waals surface area contributed by atoms with Crippen LogP contribution >= 0.6 is 0 Å². The molecule has 1 heterocycles. The van der Waals surface area contributed by atoms with Gasteiger partial charge in [-0.1, -0.05) is 101 Å². The van der Waals surface area contributed by atoms with Gasteiger partial charge in [0.1, 0.15) is 19.2 Å². The van der Waals surface area contributed by atoms with Gasteiger partial charge >= 0.3 is 18.0 Å². The molecule has 3 N–H and O–H groups in total. The van der Waals surface area contributed by atoms with E-state index in [4.69, 9.17) is 14.3 Å². The molecule has 0 saturated carbocycles. The second-order valence-corrected chi connectivity index (χ2v) is 11.8. The van der Waals surface area contributed by atoms with Crippen LogP contribution in [0.4, 0.5) is 4.79 Å². The highest BCUT2D eigenvalue weighted by Crippen LogP contribution is 2.28. The van der Waals surface area contributed by atoms with Crippen molar-refractivity contribution in [1.82, 2.24) is 16.1 Å². The quantitative estimate of drug-likeness (QED) is 0.109. The zero-order valence-corrected chi connectivity index (χ0v) is 27.0. The van der Waals surface area contributed by atoms with E-state index in [-0.39, 0.29) is 38.6 Å². The van der Waals surface area contributed by atoms with E-state index in [1.54, 1.807) is 0 Å². The molecule has 3 amide bonds. The Hall–Kier alpha value is -3.64. The van der Waals surface area contributed by atoms with Gasteiger partial charge in [0.2, 0.25) is 5.91 Å². The monoisotopic (exact) mass is 625 g/mol. The molecule has 0 bridgehead atoms. The van der Waals surface area contributed by atoms with Crippen molar-refractivity contribution in [2.24, 2.45) is 11.8 Å². The summed E-state index contributed by atoms with van der Waals surface area (Å²) >= 11 is 0. The molecule has 4 atom stereocenters. The number of carbonyl (C=O) groups excluding carboxylic acids is 4. The normalized spacial score (nSPS) is 19.4. The number of nitrogens with one attached hydrogen (secondary N) is 3. The van der Waals surface area contributed by atoms with Gasteiger partial charge in [-0.15, -0.1) is 4.48 Å². The molecule has 1 saturated heterocycles. The third-order valence-electron chi connectivity index (χ3n) is 8.13. The molecule has 11 heteroatoms. The number of methoxy groups -OCH3 is 1. The van der Waals surface area contributed by atoms with Crippen molar-refractivity contribution in [2.45, 2.75) is 78.3 Å². The summed E-state index contributed by atoms with van der Waals surface area (Å²) in [5.74, 6) is -2.35. The zero-order valence-electron chi connectivity index (χ0n) is 27.0. The van der Waals surface area contributed by atoms with Crippen molar-refractivity contribution in [3.63, 3.8) is 0 Å². The predicted molar refractivity (Wildman–Crippen MR) is 169 cm³/mol. The van der Waals surface area contributed by atoms with E-state index < -0.39 is 46.5 Å². The molecule has 2 aromatic carbocycles. The number of imide groups is 1. The van der Waals surface area contributed by atoms with Crippen molar-refractivity contribution in [3.05, 3.63) is 71.8 Å². The van der Waals surface area contributed by atoms with Gasteiger partial charge in [0, 0.05) is 13.0 Å². The summed E-state index contributed by atoms with van der Waals surface area (Å²) in [6.07, 6.45) is 1.19. The molecule has 0 aromatic heterocycles.